The molecule has 0 radical (unpaired) electrons. The van der Waals surface area contributed by atoms with Crippen LogP contribution in [-0.4, -0.2) is 18.9 Å². The van der Waals surface area contributed by atoms with Crippen LogP contribution in [0.2, 0.25) is 0 Å². The van der Waals surface area contributed by atoms with Crippen molar-refractivity contribution in [1.82, 2.24) is 0 Å². The van der Waals surface area contributed by atoms with E-state index in [1.807, 2.05) is 12.1 Å². The molecule has 1 aromatic rings. The molecule has 0 saturated carbocycles. The monoisotopic (exact) mass is 325 g/mol. The Morgan fingerprint density at radius 1 is 1.32 bits per heavy atom. The third kappa shape index (κ3) is 4.23. The number of hydrogen-bond donors (Lipinski definition) is 2. The second-order valence-electron chi connectivity index (χ2n) is 4.80. The van der Waals surface area contributed by atoms with Gasteiger partial charge in [0.05, 0.1) is 0 Å². The van der Waals surface area contributed by atoms with E-state index in [-0.39, 0.29) is 5.84 Å². The smallest absolute Gasteiger partial charge is 0.123 e. The largest absolute Gasteiger partial charge is 0.384 e. The number of halogens is 1. The van der Waals surface area contributed by atoms with Gasteiger partial charge in [0.15, 0.2) is 0 Å². The summed E-state index contributed by atoms with van der Waals surface area (Å²) in [7, 11) is 0. The minimum atomic E-state index is 0.0986. The molecule has 19 heavy (non-hydrogen) atoms. The summed E-state index contributed by atoms with van der Waals surface area (Å²) < 4.78 is 0.889. The lowest BCUT2D eigenvalue weighted by atomic mass is 10.0. The first-order valence-corrected chi connectivity index (χ1v) is 7.71. The molecule has 0 heterocycles. The van der Waals surface area contributed by atoms with Crippen LogP contribution in [0.4, 0.5) is 5.69 Å². The van der Waals surface area contributed by atoms with Crippen LogP contribution >= 0.6 is 15.9 Å². The predicted octanol–water partition coefficient (Wildman–Crippen LogP) is 4.00. The van der Waals surface area contributed by atoms with E-state index >= 15 is 0 Å². The maximum absolute atomic E-state index is 7.51. The summed E-state index contributed by atoms with van der Waals surface area (Å²) in [6, 6.07) is 6.02. The number of anilines is 1. The molecule has 0 aliphatic rings. The van der Waals surface area contributed by atoms with Crippen LogP contribution in [-0.2, 0) is 0 Å². The standard InChI is InChI=1S/C15H24BrN3/c1-4-11(5-2)10-19(6-3)12-7-8-13(15(17)18)14(16)9-12/h7-9,11H,4-6,10H2,1-3H3,(H3,17,18). The third-order valence-electron chi connectivity index (χ3n) is 3.62. The van der Waals surface area contributed by atoms with Crippen LogP contribution in [0, 0.1) is 11.3 Å². The fraction of sp³-hybridized carbons (Fsp3) is 0.533. The minimum absolute atomic E-state index is 0.0986. The molecule has 0 aliphatic heterocycles. The normalized spacial score (nSPS) is 10.8. The van der Waals surface area contributed by atoms with Crippen LogP contribution in [0.5, 0.6) is 0 Å². The maximum Gasteiger partial charge on any atom is 0.123 e. The summed E-state index contributed by atoms with van der Waals surface area (Å²) in [6.07, 6.45) is 2.42. The zero-order valence-corrected chi connectivity index (χ0v) is 13.6. The molecule has 0 amide bonds. The van der Waals surface area contributed by atoms with Crippen molar-refractivity contribution >= 4 is 27.5 Å². The number of nitrogens with two attached hydrogens (primary N) is 1. The van der Waals surface area contributed by atoms with Gasteiger partial charge in [0.2, 0.25) is 0 Å². The van der Waals surface area contributed by atoms with Crippen molar-refractivity contribution in [2.24, 2.45) is 11.7 Å². The second-order valence-corrected chi connectivity index (χ2v) is 5.65. The molecule has 0 atom stereocenters. The van der Waals surface area contributed by atoms with Gasteiger partial charge in [0, 0.05) is 28.8 Å². The number of rotatable bonds is 7. The van der Waals surface area contributed by atoms with Crippen LogP contribution < -0.4 is 10.6 Å². The lowest BCUT2D eigenvalue weighted by Gasteiger charge is -2.28. The highest BCUT2D eigenvalue weighted by atomic mass is 79.9. The van der Waals surface area contributed by atoms with E-state index in [0.717, 1.165) is 29.0 Å². The van der Waals surface area contributed by atoms with Gasteiger partial charge in [-0.15, -0.1) is 0 Å². The summed E-state index contributed by atoms with van der Waals surface area (Å²) in [6.45, 7) is 8.74. The number of amidine groups is 1. The number of benzene rings is 1. The fourth-order valence-electron chi connectivity index (χ4n) is 2.19. The third-order valence-corrected chi connectivity index (χ3v) is 4.28. The molecule has 0 aliphatic carbocycles. The summed E-state index contributed by atoms with van der Waals surface area (Å²) in [5, 5.41) is 7.51. The molecule has 0 aromatic heterocycles. The Labute approximate surface area is 124 Å². The lowest BCUT2D eigenvalue weighted by Crippen LogP contribution is -2.29. The molecule has 0 fully saturated rings. The van der Waals surface area contributed by atoms with Crippen molar-refractivity contribution < 1.29 is 0 Å². The summed E-state index contributed by atoms with van der Waals surface area (Å²) in [5.41, 5.74) is 7.48. The molecule has 3 nitrogen and oxygen atoms in total. The van der Waals surface area contributed by atoms with Gasteiger partial charge in [0.25, 0.3) is 0 Å². The zero-order chi connectivity index (χ0) is 14.4. The molecule has 4 heteroatoms. The van der Waals surface area contributed by atoms with Gasteiger partial charge in [-0.2, -0.15) is 0 Å². The van der Waals surface area contributed by atoms with Gasteiger partial charge >= 0.3 is 0 Å². The van der Waals surface area contributed by atoms with Crippen molar-refractivity contribution in [3.63, 3.8) is 0 Å². The summed E-state index contributed by atoms with van der Waals surface area (Å²) in [4.78, 5) is 2.38. The second kappa shape index (κ2) is 7.53. The van der Waals surface area contributed by atoms with Crippen molar-refractivity contribution in [2.45, 2.75) is 33.6 Å². The zero-order valence-electron chi connectivity index (χ0n) is 12.0. The lowest BCUT2D eigenvalue weighted by molar-refractivity contribution is 0.486. The molecule has 0 saturated heterocycles. The topological polar surface area (TPSA) is 53.1 Å². The predicted molar refractivity (Wildman–Crippen MR) is 87.1 cm³/mol. The van der Waals surface area contributed by atoms with E-state index in [9.17, 15) is 0 Å². The van der Waals surface area contributed by atoms with E-state index in [4.69, 9.17) is 11.1 Å². The Morgan fingerprint density at radius 2 is 1.95 bits per heavy atom. The van der Waals surface area contributed by atoms with Crippen molar-refractivity contribution in [1.29, 1.82) is 5.41 Å². The van der Waals surface area contributed by atoms with E-state index in [1.165, 1.54) is 18.5 Å². The molecule has 0 spiro atoms. The van der Waals surface area contributed by atoms with Gasteiger partial charge in [-0.3, -0.25) is 5.41 Å². The first kappa shape index (κ1) is 16.0. The van der Waals surface area contributed by atoms with E-state index in [1.54, 1.807) is 0 Å². The van der Waals surface area contributed by atoms with Crippen molar-refractivity contribution in [2.75, 3.05) is 18.0 Å². The molecule has 1 aromatic carbocycles. The first-order chi connectivity index (χ1) is 9.03. The highest BCUT2D eigenvalue weighted by Gasteiger charge is 2.12. The Balaban J connectivity index is 2.93. The van der Waals surface area contributed by atoms with Crippen LogP contribution in [0.15, 0.2) is 22.7 Å². The Bertz CT molecular complexity index is 427. The highest BCUT2D eigenvalue weighted by molar-refractivity contribution is 9.10. The Hall–Kier alpha value is -1.03. The van der Waals surface area contributed by atoms with Gasteiger partial charge < -0.3 is 10.6 Å². The molecular weight excluding hydrogens is 302 g/mol. The SMILES string of the molecule is CCC(CC)CN(CC)c1ccc(C(=N)N)c(Br)c1. The molecule has 1 rings (SSSR count). The number of nitrogen functional groups attached to an aromatic ring is 1. The van der Waals surface area contributed by atoms with Gasteiger partial charge in [-0.05, 0) is 47.0 Å². The van der Waals surface area contributed by atoms with E-state index in [2.05, 4.69) is 47.7 Å². The molecule has 0 bridgehead atoms. The van der Waals surface area contributed by atoms with Gasteiger partial charge in [-0.25, -0.2) is 0 Å². The quantitative estimate of drug-likeness (QED) is 0.588. The fourth-order valence-corrected chi connectivity index (χ4v) is 2.78. The molecule has 0 unspecified atom stereocenters. The van der Waals surface area contributed by atoms with E-state index in [0.29, 0.717) is 0 Å². The number of hydrogen-bond acceptors (Lipinski definition) is 2. The summed E-state index contributed by atoms with van der Waals surface area (Å²) >= 11 is 3.50. The van der Waals surface area contributed by atoms with Gasteiger partial charge in [-0.1, -0.05) is 26.7 Å². The Kier molecular flexibility index (Phi) is 6.35. The first-order valence-electron chi connectivity index (χ1n) is 6.92. The molecule has 106 valence electrons. The van der Waals surface area contributed by atoms with Crippen LogP contribution in [0.3, 0.4) is 0 Å². The maximum atomic E-state index is 7.51. The van der Waals surface area contributed by atoms with E-state index < -0.39 is 0 Å². The van der Waals surface area contributed by atoms with Crippen molar-refractivity contribution in [3.8, 4) is 0 Å². The summed E-state index contributed by atoms with van der Waals surface area (Å²) in [5.74, 6) is 0.827. The van der Waals surface area contributed by atoms with Gasteiger partial charge in [0.1, 0.15) is 5.84 Å². The average molecular weight is 326 g/mol. The number of nitrogens with zero attached hydrogens (tertiary/aromatic N) is 1. The molecular formula is C15H24BrN3. The van der Waals surface area contributed by atoms with Crippen LogP contribution in [0.1, 0.15) is 39.2 Å². The average Bonchev–Trinajstić information content (AvgIpc) is 2.39. The molecule has 3 N–H and O–H groups in total. The highest BCUT2D eigenvalue weighted by Crippen LogP contribution is 2.25. The van der Waals surface area contributed by atoms with Crippen LogP contribution in [0.25, 0.3) is 0 Å². The number of nitrogens with one attached hydrogen (secondary N) is 1. The minimum Gasteiger partial charge on any atom is -0.384 e. The van der Waals surface area contributed by atoms with Crippen molar-refractivity contribution in [3.05, 3.63) is 28.2 Å². The Morgan fingerprint density at radius 3 is 2.37 bits per heavy atom.